The van der Waals surface area contributed by atoms with E-state index < -0.39 is 0 Å². The van der Waals surface area contributed by atoms with Crippen LogP contribution in [0, 0.1) is 11.3 Å². The van der Waals surface area contributed by atoms with Gasteiger partial charge in [-0.25, -0.2) is 0 Å². The fraction of sp³-hybridized carbons (Fsp3) is 0. The van der Waals surface area contributed by atoms with Crippen molar-refractivity contribution >= 4 is 0 Å². The molecular weight excluding hydrogens is 122 g/mol. The van der Waals surface area contributed by atoms with E-state index >= 15 is 0 Å². The largest absolute Gasteiger partial charge is 0.192 e. The van der Waals surface area contributed by atoms with Gasteiger partial charge in [0.05, 0.1) is 0 Å². The van der Waals surface area contributed by atoms with Crippen molar-refractivity contribution in [2.45, 2.75) is 0 Å². The van der Waals surface area contributed by atoms with Gasteiger partial charge in [0.25, 0.3) is 0 Å². The van der Waals surface area contributed by atoms with Crippen LogP contribution in [0.2, 0.25) is 0 Å². The van der Waals surface area contributed by atoms with Crippen LogP contribution in [-0.2, 0) is 0 Å². The van der Waals surface area contributed by atoms with Gasteiger partial charge in [0.2, 0.25) is 0 Å². The highest BCUT2D eigenvalue weighted by molar-refractivity contribution is 5.44. The zero-order chi connectivity index (χ0) is 7.40. The first kappa shape index (κ1) is 6.39. The standard InChI is InChI=1S/C9H5N/c1-2-8-4-3-5-9(6-8)7-10/h2,4,6H,1H2. The van der Waals surface area contributed by atoms with Gasteiger partial charge in [-0.15, -0.1) is 0 Å². The molecule has 0 saturated heterocycles. The molecule has 1 heteroatoms. The molecule has 0 radical (unpaired) electrons. The molecule has 0 fully saturated rings. The molecular formula is C9H5N. The summed E-state index contributed by atoms with van der Waals surface area (Å²) in [6, 6.07) is 1.97. The highest BCUT2D eigenvalue weighted by atomic mass is 14.2. The minimum absolute atomic E-state index is 0.498. The average Bonchev–Trinajstić information content (AvgIpc) is 2.05. The number of allylic oxidation sites excluding steroid dienone is 5. The predicted molar refractivity (Wildman–Crippen MR) is 39.0 cm³/mol. The molecule has 1 aliphatic rings. The molecule has 0 atom stereocenters. The minimum Gasteiger partial charge on any atom is -0.192 e. The van der Waals surface area contributed by atoms with Crippen LogP contribution < -0.4 is 0 Å². The smallest absolute Gasteiger partial charge is 0.108 e. The lowest BCUT2D eigenvalue weighted by molar-refractivity contribution is 1.49. The second-order valence-corrected chi connectivity index (χ2v) is 1.79. The quantitative estimate of drug-likeness (QED) is 0.493. The SMILES string of the molecule is C=CC1=CC(C#N)=C=C=C1. The molecule has 0 saturated carbocycles. The van der Waals surface area contributed by atoms with E-state index in [-0.39, 0.29) is 0 Å². The van der Waals surface area contributed by atoms with Gasteiger partial charge in [-0.05, 0) is 17.7 Å². The van der Waals surface area contributed by atoms with E-state index in [0.29, 0.717) is 5.57 Å². The summed E-state index contributed by atoms with van der Waals surface area (Å²) >= 11 is 0. The van der Waals surface area contributed by atoms with Crippen molar-refractivity contribution in [3.05, 3.63) is 47.4 Å². The van der Waals surface area contributed by atoms with Crippen molar-refractivity contribution in [2.75, 3.05) is 0 Å². The summed E-state index contributed by atoms with van der Waals surface area (Å²) in [5, 5.41) is 8.42. The van der Waals surface area contributed by atoms with Crippen molar-refractivity contribution in [1.29, 1.82) is 5.26 Å². The number of rotatable bonds is 1. The molecule has 0 bridgehead atoms. The molecule has 0 aromatic carbocycles. The van der Waals surface area contributed by atoms with Crippen LogP contribution >= 0.6 is 0 Å². The van der Waals surface area contributed by atoms with Gasteiger partial charge in [-0.1, -0.05) is 24.1 Å². The molecule has 1 rings (SSSR count). The van der Waals surface area contributed by atoms with Gasteiger partial charge >= 0.3 is 0 Å². The normalized spacial score (nSPS) is 13.5. The highest BCUT2D eigenvalue weighted by Gasteiger charge is 1.92. The van der Waals surface area contributed by atoms with Crippen molar-refractivity contribution < 1.29 is 0 Å². The van der Waals surface area contributed by atoms with Crippen LogP contribution in [0.15, 0.2) is 47.4 Å². The lowest BCUT2D eigenvalue weighted by Crippen LogP contribution is -1.76. The van der Waals surface area contributed by atoms with E-state index in [9.17, 15) is 0 Å². The maximum absolute atomic E-state index is 8.42. The lowest BCUT2D eigenvalue weighted by Gasteiger charge is -1.90. The van der Waals surface area contributed by atoms with E-state index in [1.54, 1.807) is 18.2 Å². The fourth-order valence-electron chi connectivity index (χ4n) is 0.620. The van der Waals surface area contributed by atoms with Gasteiger partial charge in [-0.3, -0.25) is 0 Å². The maximum atomic E-state index is 8.42. The molecule has 0 aromatic heterocycles. The van der Waals surface area contributed by atoms with E-state index in [0.717, 1.165) is 5.57 Å². The highest BCUT2D eigenvalue weighted by Crippen LogP contribution is 2.05. The minimum atomic E-state index is 0.498. The van der Waals surface area contributed by atoms with Crippen LogP contribution in [0.4, 0.5) is 0 Å². The van der Waals surface area contributed by atoms with Crippen LogP contribution in [0.1, 0.15) is 0 Å². The van der Waals surface area contributed by atoms with Gasteiger partial charge in [0.15, 0.2) is 0 Å². The van der Waals surface area contributed by atoms with Crippen molar-refractivity contribution in [3.8, 4) is 6.07 Å². The Labute approximate surface area is 59.6 Å². The second-order valence-electron chi connectivity index (χ2n) is 1.79. The average molecular weight is 127 g/mol. The van der Waals surface area contributed by atoms with E-state index in [2.05, 4.69) is 18.0 Å². The third-order valence-electron chi connectivity index (χ3n) is 1.11. The molecule has 0 spiro atoms. The van der Waals surface area contributed by atoms with Crippen molar-refractivity contribution in [1.82, 2.24) is 0 Å². The van der Waals surface area contributed by atoms with Gasteiger partial charge in [-0.2, -0.15) is 5.26 Å². The fourth-order valence-corrected chi connectivity index (χ4v) is 0.620. The molecule has 10 heavy (non-hydrogen) atoms. The van der Waals surface area contributed by atoms with Crippen LogP contribution in [0.25, 0.3) is 0 Å². The Balaban J connectivity index is 3.12. The number of hydrogen-bond acceptors (Lipinski definition) is 1. The molecule has 0 aliphatic heterocycles. The molecule has 0 unspecified atom stereocenters. The predicted octanol–water partition coefficient (Wildman–Crippen LogP) is 1.87. The van der Waals surface area contributed by atoms with E-state index in [1.807, 2.05) is 6.07 Å². The van der Waals surface area contributed by atoms with Gasteiger partial charge < -0.3 is 0 Å². The zero-order valence-corrected chi connectivity index (χ0v) is 5.39. The first-order valence-corrected chi connectivity index (χ1v) is 2.83. The van der Waals surface area contributed by atoms with Crippen molar-refractivity contribution in [2.24, 2.45) is 0 Å². The summed E-state index contributed by atoms with van der Waals surface area (Å²) < 4.78 is 0. The Kier molecular flexibility index (Phi) is 1.73. The third kappa shape index (κ3) is 1.16. The topological polar surface area (TPSA) is 23.8 Å². The maximum Gasteiger partial charge on any atom is 0.108 e. The summed E-state index contributed by atoms with van der Waals surface area (Å²) in [6.07, 6.45) is 5.11. The van der Waals surface area contributed by atoms with Gasteiger partial charge in [0, 0.05) is 0 Å². The summed E-state index contributed by atoms with van der Waals surface area (Å²) in [7, 11) is 0. The monoisotopic (exact) mass is 127 g/mol. The van der Waals surface area contributed by atoms with Crippen LogP contribution in [-0.4, -0.2) is 0 Å². The molecule has 0 aromatic rings. The Morgan fingerprint density at radius 2 is 2.50 bits per heavy atom. The van der Waals surface area contributed by atoms with E-state index in [4.69, 9.17) is 5.26 Å². The molecule has 0 amide bonds. The molecule has 1 nitrogen and oxygen atoms in total. The third-order valence-corrected chi connectivity index (χ3v) is 1.11. The Hall–Kier alpha value is -1.73. The summed E-state index contributed by atoms with van der Waals surface area (Å²) in [5.74, 6) is 0. The Morgan fingerprint density at radius 3 is 3.10 bits per heavy atom. The second kappa shape index (κ2) is 2.71. The zero-order valence-electron chi connectivity index (χ0n) is 5.39. The number of nitrogens with zero attached hydrogens (tertiary/aromatic N) is 1. The summed E-state index contributed by atoms with van der Waals surface area (Å²) in [4.78, 5) is 0. The summed E-state index contributed by atoms with van der Waals surface area (Å²) in [6.45, 7) is 3.56. The lowest BCUT2D eigenvalue weighted by atomic mass is 10.1. The molecule has 1 aliphatic carbocycles. The Bertz CT molecular complexity index is 324. The van der Waals surface area contributed by atoms with E-state index in [1.165, 1.54) is 0 Å². The number of nitriles is 1. The first-order valence-electron chi connectivity index (χ1n) is 2.83. The summed E-state index contributed by atoms with van der Waals surface area (Å²) in [5.41, 5.74) is 6.77. The van der Waals surface area contributed by atoms with Gasteiger partial charge in [0.1, 0.15) is 11.6 Å². The Morgan fingerprint density at radius 1 is 1.70 bits per heavy atom. The molecule has 0 N–H and O–H groups in total. The molecule has 46 valence electrons. The van der Waals surface area contributed by atoms with Crippen molar-refractivity contribution in [3.63, 3.8) is 0 Å². The number of hydrogen-bond donors (Lipinski definition) is 0. The first-order chi connectivity index (χ1) is 4.86. The van der Waals surface area contributed by atoms with Crippen LogP contribution in [0.5, 0.6) is 0 Å². The van der Waals surface area contributed by atoms with Crippen LogP contribution in [0.3, 0.4) is 0 Å². The molecule has 0 heterocycles.